The zero-order valence-electron chi connectivity index (χ0n) is 11.4. The van der Waals surface area contributed by atoms with Gasteiger partial charge in [-0.1, -0.05) is 25.1 Å². The summed E-state index contributed by atoms with van der Waals surface area (Å²) in [4.78, 5) is 2.92. The zero-order valence-corrected chi connectivity index (χ0v) is 14.7. The Kier molecular flexibility index (Phi) is 4.87. The van der Waals surface area contributed by atoms with Crippen LogP contribution in [0.2, 0.25) is 0 Å². The molecule has 1 aliphatic rings. The Morgan fingerprint density at radius 1 is 1.30 bits per heavy atom. The number of hydrogen-bond acceptors (Lipinski definition) is 3. The highest BCUT2D eigenvalue weighted by molar-refractivity contribution is 9.11. The van der Waals surface area contributed by atoms with Gasteiger partial charge in [0.05, 0.1) is 3.79 Å². The molecular formula is C16H18BrNS2. The van der Waals surface area contributed by atoms with Gasteiger partial charge in [-0.25, -0.2) is 0 Å². The van der Waals surface area contributed by atoms with Crippen LogP contribution >= 0.6 is 39.0 Å². The van der Waals surface area contributed by atoms with E-state index in [1.165, 1.54) is 25.5 Å². The summed E-state index contributed by atoms with van der Waals surface area (Å²) in [7, 11) is 0. The van der Waals surface area contributed by atoms with E-state index < -0.39 is 0 Å². The van der Waals surface area contributed by atoms with Gasteiger partial charge in [0, 0.05) is 21.1 Å². The number of thioether (sulfide) groups is 1. The van der Waals surface area contributed by atoms with Crippen molar-refractivity contribution < 1.29 is 0 Å². The molecule has 1 N–H and O–H groups in total. The molecule has 1 aromatic heterocycles. The van der Waals surface area contributed by atoms with E-state index in [1.807, 2.05) is 23.1 Å². The van der Waals surface area contributed by atoms with Crippen molar-refractivity contribution in [3.8, 4) is 0 Å². The van der Waals surface area contributed by atoms with Gasteiger partial charge in [0.2, 0.25) is 0 Å². The van der Waals surface area contributed by atoms with Crippen molar-refractivity contribution >= 4 is 39.0 Å². The van der Waals surface area contributed by atoms with Crippen molar-refractivity contribution in [3.05, 3.63) is 50.6 Å². The minimum atomic E-state index is 0.544. The Balaban J connectivity index is 1.72. The van der Waals surface area contributed by atoms with Crippen LogP contribution in [0.15, 0.2) is 45.1 Å². The predicted octanol–water partition coefficient (Wildman–Crippen LogP) is 4.75. The second-order valence-corrected chi connectivity index (χ2v) is 8.87. The second kappa shape index (κ2) is 6.65. The lowest BCUT2D eigenvalue weighted by Crippen LogP contribution is -2.39. The van der Waals surface area contributed by atoms with Crippen molar-refractivity contribution in [2.45, 2.75) is 36.0 Å². The Labute approximate surface area is 137 Å². The Hall–Kier alpha value is -0.290. The molecule has 3 rings (SSSR count). The van der Waals surface area contributed by atoms with Crippen LogP contribution in [0.25, 0.3) is 0 Å². The number of likely N-dealkylation sites (N-methyl/N-ethyl adjacent to an activating group) is 1. The molecule has 20 heavy (non-hydrogen) atoms. The van der Waals surface area contributed by atoms with Crippen LogP contribution in [0.3, 0.4) is 0 Å². The first-order valence-electron chi connectivity index (χ1n) is 6.98. The maximum Gasteiger partial charge on any atom is 0.0701 e. The number of hydrogen-bond donors (Lipinski definition) is 1. The van der Waals surface area contributed by atoms with Crippen LogP contribution in [0.1, 0.15) is 17.4 Å². The molecule has 1 aliphatic heterocycles. The molecule has 1 aromatic carbocycles. The molecule has 4 heteroatoms. The third-order valence-electron chi connectivity index (χ3n) is 3.64. The lowest BCUT2D eigenvalue weighted by molar-refractivity contribution is 0.508. The predicted molar refractivity (Wildman–Crippen MR) is 93.0 cm³/mol. The fourth-order valence-electron chi connectivity index (χ4n) is 2.71. The summed E-state index contributed by atoms with van der Waals surface area (Å²) >= 11 is 7.45. The monoisotopic (exact) mass is 367 g/mol. The molecule has 0 aliphatic carbocycles. The summed E-state index contributed by atoms with van der Waals surface area (Å²) < 4.78 is 1.23. The zero-order chi connectivity index (χ0) is 13.9. The largest absolute Gasteiger partial charge is 0.313 e. The lowest BCUT2D eigenvalue weighted by atomic mass is 10.0. The molecule has 2 atom stereocenters. The van der Waals surface area contributed by atoms with Crippen molar-refractivity contribution in [2.75, 3.05) is 6.54 Å². The van der Waals surface area contributed by atoms with E-state index in [9.17, 15) is 0 Å². The third-order valence-corrected chi connectivity index (χ3v) is 6.73. The van der Waals surface area contributed by atoms with Gasteiger partial charge in [-0.3, -0.25) is 0 Å². The van der Waals surface area contributed by atoms with Crippen LogP contribution in [0, 0.1) is 0 Å². The Bertz CT molecular complexity index is 556. The lowest BCUT2D eigenvalue weighted by Gasteiger charge is -2.23. The summed E-state index contributed by atoms with van der Waals surface area (Å²) in [6, 6.07) is 13.8. The van der Waals surface area contributed by atoms with Gasteiger partial charge >= 0.3 is 0 Å². The van der Waals surface area contributed by atoms with E-state index in [1.54, 1.807) is 0 Å². The van der Waals surface area contributed by atoms with Crippen molar-refractivity contribution in [1.82, 2.24) is 5.32 Å². The molecule has 2 aromatic rings. The molecule has 0 saturated carbocycles. The normalized spacial score (nSPS) is 19.0. The standard InChI is InChI=1S/C16H18BrNS2/c1-2-18-13(10-12-7-8-16(17)19-12)15-9-11-5-3-4-6-14(11)20-15/h3-8,13,15,18H,2,9-10H2,1H3. The van der Waals surface area contributed by atoms with E-state index in [0.717, 1.165) is 13.0 Å². The molecule has 0 fully saturated rings. The molecule has 106 valence electrons. The molecule has 0 spiro atoms. The second-order valence-electron chi connectivity index (χ2n) is 5.04. The Morgan fingerprint density at radius 3 is 2.85 bits per heavy atom. The van der Waals surface area contributed by atoms with Gasteiger partial charge in [-0.2, -0.15) is 0 Å². The maximum atomic E-state index is 3.69. The van der Waals surface area contributed by atoms with E-state index in [-0.39, 0.29) is 0 Å². The number of benzene rings is 1. The highest BCUT2D eigenvalue weighted by atomic mass is 79.9. The number of rotatable bonds is 5. The SMILES string of the molecule is CCNC(Cc1ccc(Br)s1)C1Cc2ccccc2S1. The maximum absolute atomic E-state index is 3.69. The summed E-state index contributed by atoms with van der Waals surface area (Å²) in [6.45, 7) is 3.23. The summed E-state index contributed by atoms with van der Waals surface area (Å²) in [6.07, 6.45) is 2.31. The summed E-state index contributed by atoms with van der Waals surface area (Å²) in [5.41, 5.74) is 1.51. The van der Waals surface area contributed by atoms with Gasteiger partial charge in [0.25, 0.3) is 0 Å². The topological polar surface area (TPSA) is 12.0 Å². The quantitative estimate of drug-likeness (QED) is 0.818. The highest BCUT2D eigenvalue weighted by Crippen LogP contribution is 2.39. The van der Waals surface area contributed by atoms with Crippen LogP contribution in [-0.2, 0) is 12.8 Å². The molecule has 2 heterocycles. The van der Waals surface area contributed by atoms with Crippen LogP contribution < -0.4 is 5.32 Å². The molecular weight excluding hydrogens is 350 g/mol. The average molecular weight is 368 g/mol. The van der Waals surface area contributed by atoms with E-state index in [2.05, 4.69) is 64.6 Å². The van der Waals surface area contributed by atoms with Gasteiger partial charge in [-0.05, 0) is 59.1 Å². The number of fused-ring (bicyclic) bond motifs is 1. The number of nitrogens with one attached hydrogen (secondary N) is 1. The van der Waals surface area contributed by atoms with Crippen LogP contribution in [0.4, 0.5) is 0 Å². The van der Waals surface area contributed by atoms with Crippen molar-refractivity contribution in [1.29, 1.82) is 0 Å². The summed E-state index contributed by atoms with van der Waals surface area (Å²) in [5, 5.41) is 4.33. The average Bonchev–Trinajstić information content (AvgIpc) is 3.04. The van der Waals surface area contributed by atoms with Gasteiger partial charge in [0.1, 0.15) is 0 Å². The highest BCUT2D eigenvalue weighted by Gasteiger charge is 2.29. The first-order valence-corrected chi connectivity index (χ1v) is 9.47. The first kappa shape index (κ1) is 14.6. The van der Waals surface area contributed by atoms with E-state index in [0.29, 0.717) is 11.3 Å². The Morgan fingerprint density at radius 2 is 2.15 bits per heavy atom. The fourth-order valence-corrected chi connectivity index (χ4v) is 5.66. The number of halogens is 1. The van der Waals surface area contributed by atoms with E-state index in [4.69, 9.17) is 0 Å². The van der Waals surface area contributed by atoms with Crippen molar-refractivity contribution in [2.24, 2.45) is 0 Å². The molecule has 0 saturated heterocycles. The van der Waals surface area contributed by atoms with Gasteiger partial charge in [0.15, 0.2) is 0 Å². The number of thiophene rings is 1. The van der Waals surface area contributed by atoms with Crippen LogP contribution in [0.5, 0.6) is 0 Å². The smallest absolute Gasteiger partial charge is 0.0701 e. The molecule has 2 unspecified atom stereocenters. The van der Waals surface area contributed by atoms with Gasteiger partial charge < -0.3 is 5.32 Å². The summed E-state index contributed by atoms with van der Waals surface area (Å²) in [5.74, 6) is 0. The third kappa shape index (κ3) is 3.30. The molecule has 0 amide bonds. The minimum absolute atomic E-state index is 0.544. The molecule has 0 bridgehead atoms. The molecule has 1 nitrogen and oxygen atoms in total. The van der Waals surface area contributed by atoms with Gasteiger partial charge in [-0.15, -0.1) is 23.1 Å². The molecule has 0 radical (unpaired) electrons. The fraction of sp³-hybridized carbons (Fsp3) is 0.375. The van der Waals surface area contributed by atoms with Crippen LogP contribution in [-0.4, -0.2) is 17.8 Å². The first-order chi connectivity index (χ1) is 9.76. The van der Waals surface area contributed by atoms with Crippen molar-refractivity contribution in [3.63, 3.8) is 0 Å². The van der Waals surface area contributed by atoms with E-state index >= 15 is 0 Å². The minimum Gasteiger partial charge on any atom is -0.313 e.